The number of hydrogen-bond donors (Lipinski definition) is 0. The van der Waals surface area contributed by atoms with Gasteiger partial charge in [-0.1, -0.05) is 190 Å². The first-order valence-electron chi connectivity index (χ1n) is 21.0. The summed E-state index contributed by atoms with van der Waals surface area (Å²) >= 11 is 0. The Hall–Kier alpha value is -7.22. The van der Waals surface area contributed by atoms with Crippen molar-refractivity contribution in [3.05, 3.63) is 235 Å². The lowest BCUT2D eigenvalue weighted by Crippen LogP contribution is -2.17. The summed E-state index contributed by atoms with van der Waals surface area (Å²) in [6, 6.07) is 77.9. The van der Waals surface area contributed by atoms with Crippen LogP contribution in [0.5, 0.6) is 0 Å². The number of benzene rings is 9. The summed E-state index contributed by atoms with van der Waals surface area (Å²) in [7, 11) is 0. The van der Waals surface area contributed by atoms with Gasteiger partial charge in [0.05, 0.1) is 5.69 Å². The van der Waals surface area contributed by atoms with Gasteiger partial charge in [0.1, 0.15) is 0 Å². The first kappa shape index (κ1) is 37.1. The number of fused-ring (bicyclic) bond motifs is 3. The molecule has 0 heterocycles. The normalized spacial score (nSPS) is 12.5. The molecule has 1 nitrogen and oxygen atoms in total. The maximum Gasteiger partial charge on any atom is 0.0540 e. The molecule has 0 saturated heterocycles. The van der Waals surface area contributed by atoms with Gasteiger partial charge < -0.3 is 4.90 Å². The molecule has 0 saturated carbocycles. The molecule has 0 atom stereocenters. The van der Waals surface area contributed by atoms with Crippen molar-refractivity contribution in [1.29, 1.82) is 0 Å². The Morgan fingerprint density at radius 1 is 0.317 bits per heavy atom. The second-order valence-electron chi connectivity index (χ2n) is 16.7. The van der Waals surface area contributed by atoms with Crippen LogP contribution in [0.2, 0.25) is 0 Å². The quantitative estimate of drug-likeness (QED) is 0.149. The van der Waals surface area contributed by atoms with Crippen molar-refractivity contribution in [2.75, 3.05) is 4.90 Å². The molecule has 0 unspecified atom stereocenters. The van der Waals surface area contributed by atoms with Crippen molar-refractivity contribution < 1.29 is 0 Å². The largest absolute Gasteiger partial charge is 0.310 e. The molecule has 1 aliphatic carbocycles. The highest BCUT2D eigenvalue weighted by molar-refractivity contribution is 5.94. The summed E-state index contributed by atoms with van der Waals surface area (Å²) in [6.07, 6.45) is 0. The monoisotopic (exact) mass is 769 g/mol. The summed E-state index contributed by atoms with van der Waals surface area (Å²) < 4.78 is 0. The van der Waals surface area contributed by atoms with Crippen molar-refractivity contribution in [3.8, 4) is 66.8 Å². The van der Waals surface area contributed by atoms with Crippen LogP contribution in [0.25, 0.3) is 66.8 Å². The highest BCUT2D eigenvalue weighted by Crippen LogP contribution is 2.52. The van der Waals surface area contributed by atoms with E-state index in [1.165, 1.54) is 89.0 Å². The number of aryl methyl sites for hydroxylation is 2. The van der Waals surface area contributed by atoms with E-state index >= 15 is 0 Å². The third kappa shape index (κ3) is 6.63. The maximum atomic E-state index is 2.48. The molecule has 9 aromatic carbocycles. The fourth-order valence-electron chi connectivity index (χ4n) is 9.38. The van der Waals surface area contributed by atoms with Crippen molar-refractivity contribution in [3.63, 3.8) is 0 Å². The van der Waals surface area contributed by atoms with E-state index in [0.29, 0.717) is 0 Å². The zero-order valence-corrected chi connectivity index (χ0v) is 34.7. The van der Waals surface area contributed by atoms with E-state index in [4.69, 9.17) is 0 Å². The highest BCUT2D eigenvalue weighted by Gasteiger charge is 2.36. The maximum absolute atomic E-state index is 2.48. The first-order valence-corrected chi connectivity index (χ1v) is 21.0. The van der Waals surface area contributed by atoms with Crippen LogP contribution in [0, 0.1) is 13.8 Å². The fraction of sp³-hybridized carbons (Fsp3) is 0.0847. The van der Waals surface area contributed by atoms with Crippen LogP contribution < -0.4 is 4.90 Å². The van der Waals surface area contributed by atoms with Gasteiger partial charge >= 0.3 is 0 Å². The van der Waals surface area contributed by atoms with Gasteiger partial charge in [0.15, 0.2) is 0 Å². The second kappa shape index (κ2) is 15.2. The number of hydrogen-bond acceptors (Lipinski definition) is 1. The van der Waals surface area contributed by atoms with Crippen LogP contribution in [0.3, 0.4) is 0 Å². The minimum absolute atomic E-state index is 0.130. The van der Waals surface area contributed by atoms with E-state index in [1.807, 2.05) is 0 Å². The van der Waals surface area contributed by atoms with Crippen LogP contribution >= 0.6 is 0 Å². The van der Waals surface area contributed by atoms with Gasteiger partial charge in [-0.15, -0.1) is 0 Å². The van der Waals surface area contributed by atoms with E-state index < -0.39 is 0 Å². The van der Waals surface area contributed by atoms with Crippen LogP contribution in [0.4, 0.5) is 17.1 Å². The summed E-state index contributed by atoms with van der Waals surface area (Å²) in [5, 5.41) is 0. The molecule has 0 radical (unpaired) electrons. The fourth-order valence-corrected chi connectivity index (χ4v) is 9.38. The van der Waals surface area contributed by atoms with Crippen LogP contribution in [-0.4, -0.2) is 0 Å². The van der Waals surface area contributed by atoms with E-state index in [-0.39, 0.29) is 5.41 Å². The molecule has 0 amide bonds. The molecule has 1 heteroatoms. The molecular formula is C59H47N. The number of rotatable bonds is 8. The average molecular weight is 770 g/mol. The van der Waals surface area contributed by atoms with Crippen LogP contribution in [-0.2, 0) is 5.41 Å². The Balaban J connectivity index is 1.12. The SMILES string of the molecule is Cc1cccc(C)c1-c1cc(-c2ccc(-c3ccccc3)cc2)ccc1N(c1ccc(-c2ccc(-c3ccccc3)cc2)cc1)c1ccc2c(c1)C(C)(C)c1ccccc1-2. The Morgan fingerprint density at radius 3 is 1.32 bits per heavy atom. The van der Waals surface area contributed by atoms with E-state index in [9.17, 15) is 0 Å². The average Bonchev–Trinajstić information content (AvgIpc) is 3.53. The predicted molar refractivity (Wildman–Crippen MR) is 255 cm³/mol. The molecule has 60 heavy (non-hydrogen) atoms. The standard InChI is InChI=1S/C59H47N/c1-40-14-13-15-41(2)58(40)54-38-49(48-28-26-45(27-29-48)43-18-9-6-10-19-43)32-37-57(54)60(51-35-36-53-52-20-11-12-21-55(52)59(3,4)56(53)39-51)50-33-30-47(31-34-50)46-24-22-44(23-25-46)42-16-7-5-8-17-42/h5-39H,1-4H3. The van der Waals surface area contributed by atoms with E-state index in [2.05, 4.69) is 245 Å². The lowest BCUT2D eigenvalue weighted by molar-refractivity contribution is 0.660. The van der Waals surface area contributed by atoms with Gasteiger partial charge in [-0.25, -0.2) is 0 Å². The Kier molecular flexibility index (Phi) is 9.38. The van der Waals surface area contributed by atoms with Gasteiger partial charge in [0, 0.05) is 22.4 Å². The molecular weight excluding hydrogens is 723 g/mol. The zero-order chi connectivity index (χ0) is 40.8. The third-order valence-electron chi connectivity index (χ3n) is 12.6. The molecule has 0 fully saturated rings. The number of nitrogens with zero attached hydrogens (tertiary/aromatic N) is 1. The molecule has 0 aliphatic heterocycles. The highest BCUT2D eigenvalue weighted by atomic mass is 15.1. The first-order chi connectivity index (χ1) is 29.3. The summed E-state index contributed by atoms with van der Waals surface area (Å²) in [6.45, 7) is 9.21. The molecule has 10 rings (SSSR count). The molecule has 0 bridgehead atoms. The summed E-state index contributed by atoms with van der Waals surface area (Å²) in [5.41, 5.74) is 23.3. The molecule has 288 valence electrons. The van der Waals surface area contributed by atoms with Crippen LogP contribution in [0.15, 0.2) is 212 Å². The van der Waals surface area contributed by atoms with Crippen molar-refractivity contribution >= 4 is 17.1 Å². The molecule has 0 spiro atoms. The molecule has 1 aliphatic rings. The Bertz CT molecular complexity index is 2950. The molecule has 0 aromatic heterocycles. The second-order valence-corrected chi connectivity index (χ2v) is 16.7. The third-order valence-corrected chi connectivity index (χ3v) is 12.6. The van der Waals surface area contributed by atoms with Gasteiger partial charge in [-0.3, -0.25) is 0 Å². The number of anilines is 3. The van der Waals surface area contributed by atoms with Gasteiger partial charge in [-0.05, 0) is 134 Å². The minimum Gasteiger partial charge on any atom is -0.310 e. The topological polar surface area (TPSA) is 3.24 Å². The molecule has 9 aromatic rings. The van der Waals surface area contributed by atoms with Crippen molar-refractivity contribution in [1.82, 2.24) is 0 Å². The lowest BCUT2D eigenvalue weighted by Gasteiger charge is -2.31. The van der Waals surface area contributed by atoms with Crippen LogP contribution in [0.1, 0.15) is 36.1 Å². The Morgan fingerprint density at radius 2 is 0.750 bits per heavy atom. The Labute approximate surface area is 354 Å². The smallest absolute Gasteiger partial charge is 0.0540 e. The van der Waals surface area contributed by atoms with Gasteiger partial charge in [-0.2, -0.15) is 0 Å². The lowest BCUT2D eigenvalue weighted by atomic mass is 9.82. The van der Waals surface area contributed by atoms with E-state index in [1.54, 1.807) is 0 Å². The zero-order valence-electron chi connectivity index (χ0n) is 34.7. The van der Waals surface area contributed by atoms with Gasteiger partial charge in [0.2, 0.25) is 0 Å². The van der Waals surface area contributed by atoms with Crippen molar-refractivity contribution in [2.45, 2.75) is 33.1 Å². The minimum atomic E-state index is -0.130. The van der Waals surface area contributed by atoms with Crippen molar-refractivity contribution in [2.24, 2.45) is 0 Å². The van der Waals surface area contributed by atoms with E-state index in [0.717, 1.165) is 17.1 Å². The molecule has 0 N–H and O–H groups in total. The summed E-state index contributed by atoms with van der Waals surface area (Å²) in [4.78, 5) is 2.48. The van der Waals surface area contributed by atoms with Gasteiger partial charge in [0.25, 0.3) is 0 Å². The predicted octanol–water partition coefficient (Wildman–Crippen LogP) is 16.4. The summed E-state index contributed by atoms with van der Waals surface area (Å²) in [5.74, 6) is 0.